The first-order valence-corrected chi connectivity index (χ1v) is 3.39. The number of carbonyl (C=O) groups excluding carboxylic acids is 2. The minimum atomic E-state index is 0. The fourth-order valence-electron chi connectivity index (χ4n) is 0.0454. The molecule has 0 aromatic heterocycles. The van der Waals surface area contributed by atoms with E-state index in [0.717, 1.165) is 21.6 Å². The normalized spacial score (nSPS) is 6.29. The molecule has 0 aliphatic carbocycles. The van der Waals surface area contributed by atoms with Crippen molar-refractivity contribution < 1.29 is 26.7 Å². The summed E-state index contributed by atoms with van der Waals surface area (Å²) in [5, 5.41) is 0. The summed E-state index contributed by atoms with van der Waals surface area (Å²) in [6, 6.07) is 0. The van der Waals surface area contributed by atoms with E-state index in [-0.39, 0.29) is 17.1 Å². The third kappa shape index (κ3) is 10.8. The first-order valence-electron chi connectivity index (χ1n) is 1.11. The van der Waals surface area contributed by atoms with Gasteiger partial charge in [-0.1, -0.05) is 0 Å². The molecule has 0 atom stereocenters. The molecule has 0 aliphatic rings. The van der Waals surface area contributed by atoms with E-state index in [0.29, 0.717) is 11.2 Å². The number of carbonyl (C=O) groups is 2. The molecule has 42 valence electrons. The molecule has 0 saturated carbocycles. The average Bonchev–Trinajstić information content (AvgIpc) is 1.61. The van der Waals surface area contributed by atoms with Crippen molar-refractivity contribution >= 4 is 32.8 Å². The molecular weight excluding hydrogens is 176 g/mol. The van der Waals surface area contributed by atoms with Gasteiger partial charge in [-0.15, -0.1) is 0 Å². The van der Waals surface area contributed by atoms with E-state index in [2.05, 4.69) is 0 Å². The standard InChI is InChI=1S/C2H2O2S2.Fe/c3-1-5-6-2-4;/h1-2H;. The van der Waals surface area contributed by atoms with Crippen molar-refractivity contribution in [2.45, 2.75) is 0 Å². The van der Waals surface area contributed by atoms with Crippen LogP contribution in [0.2, 0.25) is 0 Å². The van der Waals surface area contributed by atoms with Crippen LogP contribution in [0.25, 0.3) is 0 Å². The van der Waals surface area contributed by atoms with Crippen LogP contribution in [-0.4, -0.2) is 11.2 Å². The molecule has 0 rings (SSSR count). The zero-order valence-corrected chi connectivity index (χ0v) is 5.88. The van der Waals surface area contributed by atoms with Gasteiger partial charge in [0.1, 0.15) is 0 Å². The summed E-state index contributed by atoms with van der Waals surface area (Å²) in [4.78, 5) is 18.7. The van der Waals surface area contributed by atoms with Crippen LogP contribution >= 0.6 is 21.6 Å². The van der Waals surface area contributed by atoms with Gasteiger partial charge >= 0.3 is 0 Å². The van der Waals surface area contributed by atoms with Crippen molar-refractivity contribution in [3.63, 3.8) is 0 Å². The molecule has 0 aromatic rings. The van der Waals surface area contributed by atoms with E-state index in [1.165, 1.54) is 0 Å². The summed E-state index contributed by atoms with van der Waals surface area (Å²) >= 11 is 0. The molecule has 7 heavy (non-hydrogen) atoms. The summed E-state index contributed by atoms with van der Waals surface area (Å²) < 4.78 is 0. The van der Waals surface area contributed by atoms with Gasteiger partial charge in [0.25, 0.3) is 0 Å². The minimum Gasteiger partial charge on any atom is -0.290 e. The number of hydrogen-bond acceptors (Lipinski definition) is 4. The molecule has 0 unspecified atom stereocenters. The largest absolute Gasteiger partial charge is 0.290 e. The van der Waals surface area contributed by atoms with Crippen LogP contribution < -0.4 is 0 Å². The monoisotopic (exact) mass is 178 g/mol. The molecule has 0 spiro atoms. The maximum atomic E-state index is 9.35. The maximum Gasteiger partial charge on any atom is 0.187 e. The van der Waals surface area contributed by atoms with Crippen LogP contribution in [-0.2, 0) is 26.7 Å². The maximum absolute atomic E-state index is 9.35. The van der Waals surface area contributed by atoms with E-state index in [1.54, 1.807) is 0 Å². The molecule has 5 heteroatoms. The second-order valence-electron chi connectivity index (χ2n) is 0.385. The zero-order chi connectivity index (χ0) is 4.83. The summed E-state index contributed by atoms with van der Waals surface area (Å²) in [5.74, 6) is 0. The topological polar surface area (TPSA) is 34.1 Å². The Morgan fingerprint density at radius 2 is 1.29 bits per heavy atom. The van der Waals surface area contributed by atoms with Crippen LogP contribution in [0.3, 0.4) is 0 Å². The number of hydrogen-bond donors (Lipinski definition) is 0. The Kier molecular flexibility index (Phi) is 14.7. The van der Waals surface area contributed by atoms with Gasteiger partial charge in [0.05, 0.1) is 0 Å². The van der Waals surface area contributed by atoms with E-state index in [9.17, 15) is 9.59 Å². The van der Waals surface area contributed by atoms with Crippen molar-refractivity contribution in [1.29, 1.82) is 0 Å². The van der Waals surface area contributed by atoms with Gasteiger partial charge in [0.2, 0.25) is 0 Å². The minimum absolute atomic E-state index is 0. The van der Waals surface area contributed by atoms with E-state index in [4.69, 9.17) is 0 Å². The summed E-state index contributed by atoms with van der Waals surface area (Å²) in [6.07, 6.45) is 0. The molecule has 0 aromatic carbocycles. The van der Waals surface area contributed by atoms with Gasteiger partial charge in [0, 0.05) is 17.1 Å². The average molecular weight is 178 g/mol. The van der Waals surface area contributed by atoms with Crippen LogP contribution in [0, 0.1) is 0 Å². The molecule has 0 bridgehead atoms. The molecular formula is C2H2FeO2S2. The first-order chi connectivity index (χ1) is 2.91. The van der Waals surface area contributed by atoms with E-state index >= 15 is 0 Å². The van der Waals surface area contributed by atoms with Crippen molar-refractivity contribution in [2.75, 3.05) is 0 Å². The van der Waals surface area contributed by atoms with Crippen LogP contribution in [0.4, 0.5) is 0 Å². The van der Waals surface area contributed by atoms with Crippen molar-refractivity contribution in [1.82, 2.24) is 0 Å². The SMILES string of the molecule is O=CSSC=O.[Fe]. The quantitative estimate of drug-likeness (QED) is 0.276. The smallest absolute Gasteiger partial charge is 0.187 e. The summed E-state index contributed by atoms with van der Waals surface area (Å²) in [6.45, 7) is 0. The first kappa shape index (κ1) is 10.5. The third-order valence-corrected chi connectivity index (χ3v) is 1.21. The molecule has 2 nitrogen and oxygen atoms in total. The Labute approximate surface area is 59.7 Å². The van der Waals surface area contributed by atoms with Gasteiger partial charge in [-0.25, -0.2) is 0 Å². The zero-order valence-electron chi connectivity index (χ0n) is 3.14. The van der Waals surface area contributed by atoms with E-state index in [1.807, 2.05) is 0 Å². The van der Waals surface area contributed by atoms with Gasteiger partial charge < -0.3 is 0 Å². The van der Waals surface area contributed by atoms with Crippen molar-refractivity contribution in [3.05, 3.63) is 0 Å². The van der Waals surface area contributed by atoms with Gasteiger partial charge in [-0.05, 0) is 21.6 Å². The molecule has 0 aliphatic heterocycles. The summed E-state index contributed by atoms with van der Waals surface area (Å²) in [7, 11) is 1.75. The van der Waals surface area contributed by atoms with Crippen LogP contribution in [0.5, 0.6) is 0 Å². The Morgan fingerprint density at radius 3 is 1.43 bits per heavy atom. The molecule has 0 N–H and O–H groups in total. The fraction of sp³-hybridized carbons (Fsp3) is 0. The Balaban J connectivity index is 0. The van der Waals surface area contributed by atoms with Gasteiger partial charge in [-0.2, -0.15) is 0 Å². The van der Waals surface area contributed by atoms with Crippen molar-refractivity contribution in [2.24, 2.45) is 0 Å². The summed E-state index contributed by atoms with van der Waals surface area (Å²) in [5.41, 5.74) is 1.22. The molecule has 0 fully saturated rings. The molecule has 0 heterocycles. The van der Waals surface area contributed by atoms with Crippen molar-refractivity contribution in [3.8, 4) is 0 Å². The predicted octanol–water partition coefficient (Wildman–Crippen LogP) is 0.746. The third-order valence-electron chi connectivity index (χ3n) is 0.134. The van der Waals surface area contributed by atoms with Crippen LogP contribution in [0.15, 0.2) is 0 Å². The second kappa shape index (κ2) is 9.75. The van der Waals surface area contributed by atoms with Gasteiger partial charge in [0.15, 0.2) is 11.2 Å². The molecule has 0 saturated heterocycles. The molecule has 0 radical (unpaired) electrons. The van der Waals surface area contributed by atoms with Crippen LogP contribution in [0.1, 0.15) is 0 Å². The number of rotatable bonds is 3. The fourth-order valence-corrected chi connectivity index (χ4v) is 0.408. The Hall–Kier alpha value is 0.559. The Bertz CT molecular complexity index is 49.7. The predicted molar refractivity (Wildman–Crippen MR) is 28.7 cm³/mol. The Morgan fingerprint density at radius 1 is 1.00 bits per heavy atom. The van der Waals surface area contributed by atoms with E-state index < -0.39 is 0 Å². The van der Waals surface area contributed by atoms with Gasteiger partial charge in [-0.3, -0.25) is 9.59 Å². The second-order valence-corrected chi connectivity index (χ2v) is 2.31. The molecule has 0 amide bonds.